The van der Waals surface area contributed by atoms with Crippen molar-refractivity contribution in [3.8, 4) is 0 Å². The number of anilines is 1. The lowest BCUT2D eigenvalue weighted by Gasteiger charge is -2.15. The second-order valence-electron chi connectivity index (χ2n) is 8.48. The van der Waals surface area contributed by atoms with E-state index >= 15 is 0 Å². The predicted octanol–water partition coefficient (Wildman–Crippen LogP) is 4.28. The average molecular weight is 529 g/mol. The van der Waals surface area contributed by atoms with Crippen LogP contribution in [0.2, 0.25) is 0 Å². The highest BCUT2D eigenvalue weighted by Gasteiger charge is 2.32. The summed E-state index contributed by atoms with van der Waals surface area (Å²) in [6.45, 7) is 0.591. The van der Waals surface area contributed by atoms with Gasteiger partial charge in [-0.05, 0) is 35.8 Å². The molecule has 0 saturated carbocycles. The van der Waals surface area contributed by atoms with Crippen LogP contribution in [0.4, 0.5) is 5.82 Å². The highest BCUT2D eigenvalue weighted by Crippen LogP contribution is 2.33. The van der Waals surface area contributed by atoms with Gasteiger partial charge in [0.1, 0.15) is 15.8 Å². The number of hydrogen-bond donors (Lipinski definition) is 2. The van der Waals surface area contributed by atoms with Crippen LogP contribution in [0, 0.1) is 0 Å². The smallest absolute Gasteiger partial charge is 0.267 e. The minimum atomic E-state index is -0.804. The number of hydrogen-bond acceptors (Lipinski definition) is 7. The standard InChI is InChI=1S/C28H24N4O3S2/c33-22(20-11-5-2-6-12-20)18-29-25-21(26(34)31-15-8-7-13-24(31)30-25)17-23-27(35)32(28(36)37-23)16-14-19-9-3-1-4-10-19/h1-13,15,17,22,29,33H,14,16,18H2/b23-17-/t22-/m1/s1. The van der Waals surface area contributed by atoms with Crippen LogP contribution in [0.1, 0.15) is 22.8 Å². The Hall–Kier alpha value is -3.79. The Morgan fingerprint density at radius 3 is 2.46 bits per heavy atom. The molecule has 2 N–H and O–H groups in total. The van der Waals surface area contributed by atoms with Crippen molar-refractivity contribution in [2.75, 3.05) is 18.4 Å². The number of thioether (sulfide) groups is 1. The first kappa shape index (κ1) is 24.9. The molecule has 1 aliphatic rings. The maximum absolute atomic E-state index is 13.4. The molecule has 1 atom stereocenters. The van der Waals surface area contributed by atoms with Crippen molar-refractivity contribution in [1.82, 2.24) is 14.3 Å². The number of nitrogens with one attached hydrogen (secondary N) is 1. The Morgan fingerprint density at radius 2 is 1.70 bits per heavy atom. The van der Waals surface area contributed by atoms with Gasteiger partial charge >= 0.3 is 0 Å². The first-order chi connectivity index (χ1) is 18.0. The summed E-state index contributed by atoms with van der Waals surface area (Å²) in [6.07, 6.45) is 3.05. The first-order valence-corrected chi connectivity index (χ1v) is 13.0. The molecule has 0 radical (unpaired) electrons. The Labute approximate surface area is 223 Å². The first-order valence-electron chi connectivity index (χ1n) is 11.8. The number of rotatable bonds is 8. The molecule has 37 heavy (non-hydrogen) atoms. The molecule has 0 aliphatic carbocycles. The fourth-order valence-corrected chi connectivity index (χ4v) is 5.35. The van der Waals surface area contributed by atoms with Gasteiger partial charge in [0.2, 0.25) is 0 Å². The molecule has 5 rings (SSSR count). The highest BCUT2D eigenvalue weighted by molar-refractivity contribution is 8.26. The van der Waals surface area contributed by atoms with E-state index < -0.39 is 6.10 Å². The average Bonchev–Trinajstić information content (AvgIpc) is 3.20. The van der Waals surface area contributed by atoms with Crippen LogP contribution in [0.15, 0.2) is 94.8 Å². The monoisotopic (exact) mass is 528 g/mol. The molecular formula is C28H24N4O3S2. The SMILES string of the molecule is O=C1/C(=C/c2c(NC[C@@H](O)c3ccccc3)nc3ccccn3c2=O)SC(=S)N1CCc1ccccc1. The summed E-state index contributed by atoms with van der Waals surface area (Å²) >= 11 is 6.66. The summed E-state index contributed by atoms with van der Waals surface area (Å²) in [6, 6.07) is 24.4. The van der Waals surface area contributed by atoms with Crippen molar-refractivity contribution in [3.05, 3.63) is 117 Å². The van der Waals surface area contributed by atoms with Gasteiger partial charge in [-0.25, -0.2) is 4.98 Å². The Bertz CT molecular complexity index is 1540. The van der Waals surface area contributed by atoms with Crippen molar-refractivity contribution >= 4 is 51.7 Å². The molecule has 2 aromatic carbocycles. The highest BCUT2D eigenvalue weighted by atomic mass is 32.2. The third kappa shape index (κ3) is 5.48. The second kappa shape index (κ2) is 11.1. The van der Waals surface area contributed by atoms with E-state index in [9.17, 15) is 14.7 Å². The van der Waals surface area contributed by atoms with Crippen LogP contribution in [0.5, 0.6) is 0 Å². The van der Waals surface area contributed by atoms with E-state index in [2.05, 4.69) is 10.3 Å². The number of amides is 1. The Balaban J connectivity index is 1.44. The fourth-order valence-electron chi connectivity index (χ4n) is 4.06. The number of aromatic nitrogens is 2. The molecule has 2 aromatic heterocycles. The van der Waals surface area contributed by atoms with Crippen LogP contribution < -0.4 is 10.9 Å². The fraction of sp³-hybridized carbons (Fsp3) is 0.143. The van der Waals surface area contributed by atoms with Crippen molar-refractivity contribution in [3.63, 3.8) is 0 Å². The van der Waals surface area contributed by atoms with E-state index in [0.717, 1.165) is 11.1 Å². The van der Waals surface area contributed by atoms with Gasteiger partial charge < -0.3 is 10.4 Å². The summed E-state index contributed by atoms with van der Waals surface area (Å²) in [5.74, 6) is 0.0551. The third-order valence-electron chi connectivity index (χ3n) is 6.03. The molecule has 1 aliphatic heterocycles. The van der Waals surface area contributed by atoms with Gasteiger partial charge in [0.05, 0.1) is 16.6 Å². The van der Waals surface area contributed by atoms with E-state index in [1.165, 1.54) is 16.2 Å². The Kier molecular flexibility index (Phi) is 7.45. The minimum Gasteiger partial charge on any atom is -0.387 e. The van der Waals surface area contributed by atoms with Gasteiger partial charge in [-0.3, -0.25) is 18.9 Å². The number of pyridine rings is 1. The van der Waals surface area contributed by atoms with Gasteiger partial charge in [-0.1, -0.05) is 90.7 Å². The van der Waals surface area contributed by atoms with Crippen molar-refractivity contribution < 1.29 is 9.90 Å². The van der Waals surface area contributed by atoms with Crippen LogP contribution >= 0.6 is 24.0 Å². The van der Waals surface area contributed by atoms with Gasteiger partial charge in [-0.2, -0.15) is 0 Å². The number of aliphatic hydroxyl groups is 1. The molecule has 0 unspecified atom stereocenters. The summed E-state index contributed by atoms with van der Waals surface area (Å²) in [5, 5.41) is 13.7. The van der Waals surface area contributed by atoms with Gasteiger partial charge in [-0.15, -0.1) is 0 Å². The molecule has 4 aromatic rings. The molecule has 0 spiro atoms. The zero-order chi connectivity index (χ0) is 25.8. The summed E-state index contributed by atoms with van der Waals surface area (Å²) in [4.78, 5) is 33.2. The Morgan fingerprint density at radius 1 is 1.00 bits per heavy atom. The number of thiocarbonyl (C=S) groups is 1. The zero-order valence-electron chi connectivity index (χ0n) is 19.8. The van der Waals surface area contributed by atoms with Crippen LogP contribution in [0.3, 0.4) is 0 Å². The van der Waals surface area contributed by atoms with Crippen LogP contribution in [-0.2, 0) is 11.2 Å². The molecule has 3 heterocycles. The summed E-state index contributed by atoms with van der Waals surface area (Å²) in [7, 11) is 0. The van der Waals surface area contributed by atoms with E-state index in [1.54, 1.807) is 35.4 Å². The molecule has 1 amide bonds. The quantitative estimate of drug-likeness (QED) is 0.261. The van der Waals surface area contributed by atoms with Crippen molar-refractivity contribution in [1.29, 1.82) is 0 Å². The maximum Gasteiger partial charge on any atom is 0.267 e. The lowest BCUT2D eigenvalue weighted by atomic mass is 10.1. The molecule has 9 heteroatoms. The molecule has 1 saturated heterocycles. The molecule has 0 bridgehead atoms. The van der Waals surface area contributed by atoms with E-state index in [0.29, 0.717) is 33.7 Å². The van der Waals surface area contributed by atoms with E-state index in [-0.39, 0.29) is 23.6 Å². The van der Waals surface area contributed by atoms with Crippen LogP contribution in [0.25, 0.3) is 11.7 Å². The van der Waals surface area contributed by atoms with Gasteiger partial charge in [0.15, 0.2) is 0 Å². The number of carbonyl (C=O) groups is 1. The number of benzene rings is 2. The summed E-state index contributed by atoms with van der Waals surface area (Å²) < 4.78 is 1.89. The number of aliphatic hydroxyl groups excluding tert-OH is 1. The number of nitrogens with zero attached hydrogens (tertiary/aromatic N) is 3. The molecular weight excluding hydrogens is 504 g/mol. The number of carbonyl (C=O) groups excluding carboxylic acids is 1. The minimum absolute atomic E-state index is 0.137. The number of fused-ring (bicyclic) bond motifs is 1. The maximum atomic E-state index is 13.4. The molecule has 186 valence electrons. The molecule has 1 fully saturated rings. The van der Waals surface area contributed by atoms with Crippen molar-refractivity contribution in [2.45, 2.75) is 12.5 Å². The van der Waals surface area contributed by atoms with E-state index in [4.69, 9.17) is 12.2 Å². The van der Waals surface area contributed by atoms with Crippen LogP contribution in [-0.4, -0.2) is 42.7 Å². The largest absolute Gasteiger partial charge is 0.387 e. The topological polar surface area (TPSA) is 86.9 Å². The van der Waals surface area contributed by atoms with Crippen molar-refractivity contribution in [2.24, 2.45) is 0 Å². The normalized spacial score (nSPS) is 15.5. The second-order valence-corrected chi connectivity index (χ2v) is 10.2. The third-order valence-corrected chi connectivity index (χ3v) is 7.41. The van der Waals surface area contributed by atoms with Gasteiger partial charge in [0, 0.05) is 19.3 Å². The van der Waals surface area contributed by atoms with E-state index in [1.807, 2.05) is 60.7 Å². The summed E-state index contributed by atoms with van der Waals surface area (Å²) in [5.41, 5.74) is 2.22. The molecule has 7 nitrogen and oxygen atoms in total. The lowest BCUT2D eigenvalue weighted by molar-refractivity contribution is -0.122. The zero-order valence-corrected chi connectivity index (χ0v) is 21.4. The predicted molar refractivity (Wildman–Crippen MR) is 151 cm³/mol. The van der Waals surface area contributed by atoms with Gasteiger partial charge in [0.25, 0.3) is 11.5 Å². The lowest BCUT2D eigenvalue weighted by Crippen LogP contribution is -2.30.